The van der Waals surface area contributed by atoms with Crippen LogP contribution >= 0.6 is 11.3 Å². The molecule has 0 saturated heterocycles. The zero-order chi connectivity index (χ0) is 18.0. The number of aromatic nitrogens is 4. The van der Waals surface area contributed by atoms with Gasteiger partial charge in [-0.2, -0.15) is 0 Å². The fourth-order valence-electron chi connectivity index (χ4n) is 3.20. The molecule has 0 unspecified atom stereocenters. The van der Waals surface area contributed by atoms with Crippen molar-refractivity contribution in [1.82, 2.24) is 20.2 Å². The summed E-state index contributed by atoms with van der Waals surface area (Å²) in [4.78, 5) is 9.60. The van der Waals surface area contributed by atoms with Gasteiger partial charge in [0.2, 0.25) is 0 Å². The first-order chi connectivity index (χ1) is 12.7. The zero-order valence-electron chi connectivity index (χ0n) is 14.2. The van der Waals surface area contributed by atoms with E-state index >= 15 is 0 Å². The maximum absolute atomic E-state index is 14.2. The van der Waals surface area contributed by atoms with E-state index in [0.717, 1.165) is 34.8 Å². The molecule has 3 heterocycles. The zero-order valence-corrected chi connectivity index (χ0v) is 15.0. The van der Waals surface area contributed by atoms with Crippen molar-refractivity contribution in [2.45, 2.75) is 31.2 Å². The molecule has 8 heteroatoms. The monoisotopic (exact) mass is 370 g/mol. The smallest absolute Gasteiger partial charge is 0.148 e. The van der Waals surface area contributed by atoms with Crippen molar-refractivity contribution in [3.63, 3.8) is 0 Å². The standard InChI is InChI=1S/C18H19FN6S/c19-13-3-1-8-21-16(13)18(6-2-7-18)11-23-15-5-4-14(24-25-15)17-22-10-12(9-20)26-17/h1,3-5,8,10H,2,6-7,9,11,20H2,(H,23,25). The van der Waals surface area contributed by atoms with Gasteiger partial charge in [0, 0.05) is 35.8 Å². The van der Waals surface area contributed by atoms with Gasteiger partial charge in [-0.3, -0.25) is 4.98 Å². The lowest BCUT2D eigenvalue weighted by atomic mass is 9.66. The second-order valence-corrected chi connectivity index (χ2v) is 7.58. The van der Waals surface area contributed by atoms with Crippen molar-refractivity contribution in [1.29, 1.82) is 0 Å². The molecule has 0 aromatic carbocycles. The van der Waals surface area contributed by atoms with Crippen LogP contribution in [0.1, 0.15) is 29.8 Å². The molecule has 4 rings (SSSR count). The largest absolute Gasteiger partial charge is 0.368 e. The van der Waals surface area contributed by atoms with Crippen LogP contribution in [0.5, 0.6) is 0 Å². The van der Waals surface area contributed by atoms with Gasteiger partial charge >= 0.3 is 0 Å². The minimum atomic E-state index is -0.267. The van der Waals surface area contributed by atoms with Crippen LogP contribution in [0.2, 0.25) is 0 Å². The van der Waals surface area contributed by atoms with E-state index in [0.29, 0.717) is 24.6 Å². The molecule has 6 nitrogen and oxygen atoms in total. The third-order valence-corrected chi connectivity index (χ3v) is 5.86. The number of hydrogen-bond donors (Lipinski definition) is 2. The molecule has 3 N–H and O–H groups in total. The van der Waals surface area contributed by atoms with Crippen LogP contribution in [0.4, 0.5) is 10.2 Å². The van der Waals surface area contributed by atoms with E-state index in [-0.39, 0.29) is 11.2 Å². The summed E-state index contributed by atoms with van der Waals surface area (Å²) in [6.07, 6.45) is 6.32. The lowest BCUT2D eigenvalue weighted by Crippen LogP contribution is -2.42. The molecule has 0 bridgehead atoms. The Kier molecular flexibility index (Phi) is 4.60. The Morgan fingerprint density at radius 1 is 1.19 bits per heavy atom. The molecule has 0 atom stereocenters. The number of rotatable bonds is 6. The molecule has 3 aromatic heterocycles. The summed E-state index contributed by atoms with van der Waals surface area (Å²) < 4.78 is 14.2. The Balaban J connectivity index is 1.47. The molecule has 134 valence electrons. The van der Waals surface area contributed by atoms with E-state index in [4.69, 9.17) is 5.73 Å². The van der Waals surface area contributed by atoms with Crippen LogP contribution < -0.4 is 11.1 Å². The third kappa shape index (κ3) is 3.17. The average molecular weight is 370 g/mol. The minimum absolute atomic E-state index is 0.241. The van der Waals surface area contributed by atoms with Crippen molar-refractivity contribution in [2.75, 3.05) is 11.9 Å². The molecule has 0 spiro atoms. The van der Waals surface area contributed by atoms with Crippen LogP contribution in [0.3, 0.4) is 0 Å². The molecule has 0 radical (unpaired) electrons. The van der Waals surface area contributed by atoms with Crippen LogP contribution in [-0.4, -0.2) is 26.7 Å². The molecule has 1 aliphatic rings. The van der Waals surface area contributed by atoms with Crippen LogP contribution in [0.25, 0.3) is 10.7 Å². The first-order valence-corrected chi connectivity index (χ1v) is 9.36. The Bertz CT molecular complexity index is 891. The highest BCUT2D eigenvalue weighted by Crippen LogP contribution is 2.43. The second kappa shape index (κ2) is 7.05. The molecule has 1 saturated carbocycles. The molecule has 0 aliphatic heterocycles. The van der Waals surface area contributed by atoms with Crippen molar-refractivity contribution in [3.05, 3.63) is 53.0 Å². The highest BCUT2D eigenvalue weighted by molar-refractivity contribution is 7.14. The number of anilines is 1. The van der Waals surface area contributed by atoms with Crippen LogP contribution in [0, 0.1) is 5.82 Å². The van der Waals surface area contributed by atoms with Crippen molar-refractivity contribution < 1.29 is 4.39 Å². The molecule has 26 heavy (non-hydrogen) atoms. The van der Waals surface area contributed by atoms with E-state index in [1.54, 1.807) is 18.5 Å². The number of nitrogens with two attached hydrogens (primary N) is 1. The van der Waals surface area contributed by atoms with E-state index in [1.165, 1.54) is 17.4 Å². The summed E-state index contributed by atoms with van der Waals surface area (Å²) in [7, 11) is 0. The predicted molar refractivity (Wildman–Crippen MR) is 99.2 cm³/mol. The fraction of sp³-hybridized carbons (Fsp3) is 0.333. The number of nitrogens with one attached hydrogen (secondary N) is 1. The quantitative estimate of drug-likeness (QED) is 0.693. The van der Waals surface area contributed by atoms with Gasteiger partial charge in [0.15, 0.2) is 0 Å². The molecule has 3 aromatic rings. The van der Waals surface area contributed by atoms with Gasteiger partial charge in [0.25, 0.3) is 0 Å². The van der Waals surface area contributed by atoms with Gasteiger partial charge in [0.05, 0.1) is 5.69 Å². The summed E-state index contributed by atoms with van der Waals surface area (Å²) in [5.41, 5.74) is 6.61. The van der Waals surface area contributed by atoms with Crippen LogP contribution in [0.15, 0.2) is 36.7 Å². The Morgan fingerprint density at radius 2 is 2.08 bits per heavy atom. The summed E-state index contributed by atoms with van der Waals surface area (Å²) in [5.74, 6) is 0.418. The number of pyridine rings is 1. The van der Waals surface area contributed by atoms with Crippen LogP contribution in [-0.2, 0) is 12.0 Å². The Morgan fingerprint density at radius 3 is 2.69 bits per heavy atom. The molecule has 1 aliphatic carbocycles. The number of thiazole rings is 1. The maximum atomic E-state index is 14.2. The summed E-state index contributed by atoms with van der Waals surface area (Å²) in [5, 5.41) is 12.6. The van der Waals surface area contributed by atoms with Gasteiger partial charge in [-0.25, -0.2) is 9.37 Å². The van der Waals surface area contributed by atoms with Gasteiger partial charge < -0.3 is 11.1 Å². The highest BCUT2D eigenvalue weighted by atomic mass is 32.1. The molecular weight excluding hydrogens is 351 g/mol. The fourth-order valence-corrected chi connectivity index (χ4v) is 3.95. The molecular formula is C18H19FN6S. The first kappa shape index (κ1) is 17.0. The highest BCUT2D eigenvalue weighted by Gasteiger charge is 2.41. The summed E-state index contributed by atoms with van der Waals surface area (Å²) in [6.45, 7) is 1.06. The second-order valence-electron chi connectivity index (χ2n) is 6.46. The number of halogens is 1. The minimum Gasteiger partial charge on any atom is -0.368 e. The van der Waals surface area contributed by atoms with Crippen molar-refractivity contribution in [2.24, 2.45) is 5.73 Å². The average Bonchev–Trinajstić information content (AvgIpc) is 3.12. The maximum Gasteiger partial charge on any atom is 0.148 e. The summed E-state index contributed by atoms with van der Waals surface area (Å²) >= 11 is 1.51. The van der Waals surface area contributed by atoms with E-state index in [1.807, 2.05) is 12.1 Å². The molecule has 1 fully saturated rings. The van der Waals surface area contributed by atoms with Gasteiger partial charge in [-0.05, 0) is 37.1 Å². The first-order valence-electron chi connectivity index (χ1n) is 8.54. The van der Waals surface area contributed by atoms with Gasteiger partial charge in [0.1, 0.15) is 22.3 Å². The Hall–Kier alpha value is -2.45. The third-order valence-electron chi connectivity index (χ3n) is 4.82. The lowest BCUT2D eigenvalue weighted by molar-refractivity contribution is 0.243. The normalized spacial score (nSPS) is 15.5. The summed E-state index contributed by atoms with van der Waals surface area (Å²) in [6, 6.07) is 6.84. The number of nitrogens with zero attached hydrogens (tertiary/aromatic N) is 4. The Labute approximate surface area is 154 Å². The van der Waals surface area contributed by atoms with Crippen molar-refractivity contribution in [3.8, 4) is 10.7 Å². The SMILES string of the molecule is NCc1cnc(-c2ccc(NCC3(c4ncccc4F)CCC3)nn2)s1. The van der Waals surface area contributed by atoms with E-state index in [2.05, 4.69) is 25.5 Å². The van der Waals surface area contributed by atoms with E-state index in [9.17, 15) is 4.39 Å². The topological polar surface area (TPSA) is 89.6 Å². The molecule has 0 amide bonds. The number of hydrogen-bond acceptors (Lipinski definition) is 7. The van der Waals surface area contributed by atoms with Crippen molar-refractivity contribution >= 4 is 17.2 Å². The van der Waals surface area contributed by atoms with E-state index < -0.39 is 0 Å². The van der Waals surface area contributed by atoms with Gasteiger partial charge in [-0.15, -0.1) is 21.5 Å². The van der Waals surface area contributed by atoms with Gasteiger partial charge in [-0.1, -0.05) is 6.42 Å². The predicted octanol–water partition coefficient (Wildman–Crippen LogP) is 3.13. The lowest BCUT2D eigenvalue weighted by Gasteiger charge is -2.41.